The second-order valence-corrected chi connectivity index (χ2v) is 12.3. The predicted molar refractivity (Wildman–Crippen MR) is 124 cm³/mol. The maximum Gasteiger partial charge on any atom is 0.309 e. The Bertz CT molecular complexity index is 565. The summed E-state index contributed by atoms with van der Waals surface area (Å²) in [6.07, 6.45) is 5.52. The summed E-state index contributed by atoms with van der Waals surface area (Å²) in [5.74, 6) is 0.629. The quantitative estimate of drug-likeness (QED) is 0.335. The third kappa shape index (κ3) is 10.2. The van der Waals surface area contributed by atoms with Crippen molar-refractivity contribution < 1.29 is 19.1 Å². The van der Waals surface area contributed by atoms with Crippen molar-refractivity contribution in [2.75, 3.05) is 0 Å². The standard InChI is InChI=1S/2C12H21ClO2/c1-8-7-9(13)5-6-10(8)11(14)15-12(2,3)4;1-8-5-6-9(13)7-10(8)11(14)15-12(2,3)4/h2*8-10H,5-7H2,1-4H3/t2*8-,9?,10-/m11/s1. The van der Waals surface area contributed by atoms with Gasteiger partial charge in [0.1, 0.15) is 11.2 Å². The largest absolute Gasteiger partial charge is 0.460 e. The third-order valence-corrected chi connectivity index (χ3v) is 6.45. The fourth-order valence-corrected chi connectivity index (χ4v) is 4.76. The van der Waals surface area contributed by atoms with Crippen LogP contribution in [0.5, 0.6) is 0 Å². The van der Waals surface area contributed by atoms with Crippen LogP contribution in [0.1, 0.15) is 93.9 Å². The van der Waals surface area contributed by atoms with Gasteiger partial charge in [-0.1, -0.05) is 13.8 Å². The van der Waals surface area contributed by atoms with Crippen molar-refractivity contribution in [1.82, 2.24) is 0 Å². The summed E-state index contributed by atoms with van der Waals surface area (Å²) in [5.41, 5.74) is -0.773. The molecule has 4 nitrogen and oxygen atoms in total. The van der Waals surface area contributed by atoms with Gasteiger partial charge in [0.05, 0.1) is 11.8 Å². The predicted octanol–water partition coefficient (Wildman–Crippen LogP) is 6.74. The van der Waals surface area contributed by atoms with Gasteiger partial charge in [-0.15, -0.1) is 23.2 Å². The molecule has 2 fully saturated rings. The molecule has 2 rings (SSSR count). The summed E-state index contributed by atoms with van der Waals surface area (Å²) in [7, 11) is 0. The summed E-state index contributed by atoms with van der Waals surface area (Å²) in [6, 6.07) is 0. The van der Waals surface area contributed by atoms with Gasteiger partial charge in [-0.3, -0.25) is 9.59 Å². The topological polar surface area (TPSA) is 52.6 Å². The Balaban J connectivity index is 0.000000300. The Kier molecular flexibility index (Phi) is 10.5. The van der Waals surface area contributed by atoms with Gasteiger partial charge in [-0.25, -0.2) is 0 Å². The van der Waals surface area contributed by atoms with Gasteiger partial charge in [0.15, 0.2) is 0 Å². The van der Waals surface area contributed by atoms with Crippen molar-refractivity contribution in [2.24, 2.45) is 23.7 Å². The summed E-state index contributed by atoms with van der Waals surface area (Å²) < 4.78 is 10.8. The molecule has 6 atom stereocenters. The molecule has 2 aliphatic carbocycles. The van der Waals surface area contributed by atoms with E-state index in [4.69, 9.17) is 32.7 Å². The van der Waals surface area contributed by atoms with E-state index in [0.717, 1.165) is 38.5 Å². The first-order valence-corrected chi connectivity index (χ1v) is 12.2. The molecule has 30 heavy (non-hydrogen) atoms. The van der Waals surface area contributed by atoms with Crippen LogP contribution in [-0.4, -0.2) is 33.9 Å². The lowest BCUT2D eigenvalue weighted by atomic mass is 9.80. The molecule has 0 bridgehead atoms. The molecular weight excluding hydrogens is 423 g/mol. The molecule has 0 N–H and O–H groups in total. The summed E-state index contributed by atoms with van der Waals surface area (Å²) >= 11 is 12.1. The van der Waals surface area contributed by atoms with E-state index in [-0.39, 0.29) is 40.1 Å². The minimum Gasteiger partial charge on any atom is -0.460 e. The van der Waals surface area contributed by atoms with Crippen LogP contribution >= 0.6 is 23.2 Å². The number of alkyl halides is 2. The highest BCUT2D eigenvalue weighted by Crippen LogP contribution is 2.35. The molecule has 2 aliphatic rings. The molecule has 0 aliphatic heterocycles. The van der Waals surface area contributed by atoms with Gasteiger partial charge in [0.25, 0.3) is 0 Å². The van der Waals surface area contributed by atoms with E-state index >= 15 is 0 Å². The molecular formula is C24H42Cl2O4. The highest BCUT2D eigenvalue weighted by atomic mass is 35.5. The lowest BCUT2D eigenvalue weighted by Gasteiger charge is -2.32. The van der Waals surface area contributed by atoms with E-state index in [1.54, 1.807) is 0 Å². The fourth-order valence-electron chi connectivity index (χ4n) is 4.03. The second-order valence-electron chi connectivity index (χ2n) is 11.1. The Hall–Kier alpha value is -0.480. The second kappa shape index (κ2) is 11.4. The summed E-state index contributed by atoms with van der Waals surface area (Å²) in [6.45, 7) is 15.6. The molecule has 0 aromatic heterocycles. The Labute approximate surface area is 193 Å². The van der Waals surface area contributed by atoms with Crippen LogP contribution in [0.4, 0.5) is 0 Å². The van der Waals surface area contributed by atoms with Crippen LogP contribution in [0.3, 0.4) is 0 Å². The molecule has 0 spiro atoms. The first-order valence-electron chi connectivity index (χ1n) is 11.3. The highest BCUT2D eigenvalue weighted by molar-refractivity contribution is 6.21. The smallest absolute Gasteiger partial charge is 0.309 e. The van der Waals surface area contributed by atoms with Crippen molar-refractivity contribution in [3.63, 3.8) is 0 Å². The van der Waals surface area contributed by atoms with Gasteiger partial charge in [0, 0.05) is 10.8 Å². The van der Waals surface area contributed by atoms with E-state index < -0.39 is 5.60 Å². The van der Waals surface area contributed by atoms with Gasteiger partial charge in [0.2, 0.25) is 0 Å². The van der Waals surface area contributed by atoms with E-state index in [9.17, 15) is 9.59 Å². The summed E-state index contributed by atoms with van der Waals surface area (Å²) in [4.78, 5) is 23.8. The SMILES string of the molecule is C[C@@H]1CC(Cl)CC[C@H]1C(=O)OC(C)(C)C.C[C@@H]1CCC(Cl)C[C@H]1C(=O)OC(C)(C)C. The lowest BCUT2D eigenvalue weighted by molar-refractivity contribution is -0.164. The van der Waals surface area contributed by atoms with E-state index in [2.05, 4.69) is 13.8 Å². The van der Waals surface area contributed by atoms with Crippen LogP contribution in [-0.2, 0) is 19.1 Å². The molecule has 0 aromatic rings. The number of carbonyl (C=O) groups is 2. The zero-order chi connectivity index (χ0) is 23.3. The number of hydrogen-bond donors (Lipinski definition) is 0. The minimum absolute atomic E-state index is 0.0134. The fraction of sp³-hybridized carbons (Fsp3) is 0.917. The van der Waals surface area contributed by atoms with Gasteiger partial charge < -0.3 is 9.47 Å². The van der Waals surface area contributed by atoms with Crippen LogP contribution in [0, 0.1) is 23.7 Å². The van der Waals surface area contributed by atoms with Crippen molar-refractivity contribution in [1.29, 1.82) is 0 Å². The molecule has 176 valence electrons. The number of rotatable bonds is 2. The van der Waals surface area contributed by atoms with E-state index in [1.807, 2.05) is 41.5 Å². The maximum atomic E-state index is 11.9. The van der Waals surface area contributed by atoms with Crippen LogP contribution in [0.15, 0.2) is 0 Å². The van der Waals surface area contributed by atoms with Gasteiger partial charge in [-0.2, -0.15) is 0 Å². The van der Waals surface area contributed by atoms with Crippen LogP contribution in [0.25, 0.3) is 0 Å². The zero-order valence-electron chi connectivity index (χ0n) is 20.1. The molecule has 0 aromatic carbocycles. The number of esters is 2. The van der Waals surface area contributed by atoms with Crippen LogP contribution < -0.4 is 0 Å². The van der Waals surface area contributed by atoms with Gasteiger partial charge >= 0.3 is 11.9 Å². The van der Waals surface area contributed by atoms with Crippen molar-refractivity contribution >= 4 is 35.1 Å². The maximum absolute atomic E-state index is 11.9. The van der Waals surface area contributed by atoms with Crippen molar-refractivity contribution in [2.45, 2.75) is 116 Å². The Morgan fingerprint density at radius 1 is 0.667 bits per heavy atom. The third-order valence-electron chi connectivity index (χ3n) is 5.66. The highest BCUT2D eigenvalue weighted by Gasteiger charge is 2.35. The molecule has 2 unspecified atom stereocenters. The molecule has 0 heterocycles. The normalized spacial score (nSPS) is 32.5. The zero-order valence-corrected chi connectivity index (χ0v) is 21.6. The lowest BCUT2D eigenvalue weighted by Crippen LogP contribution is -2.35. The number of carbonyl (C=O) groups excluding carboxylic acids is 2. The summed E-state index contributed by atoms with van der Waals surface area (Å²) in [5, 5.41) is 0.373. The average molecular weight is 466 g/mol. The molecule has 2 saturated carbocycles. The van der Waals surface area contributed by atoms with Crippen LogP contribution in [0.2, 0.25) is 0 Å². The van der Waals surface area contributed by atoms with E-state index in [0.29, 0.717) is 11.8 Å². The number of halogens is 2. The molecule has 6 heteroatoms. The first kappa shape index (κ1) is 27.6. The molecule has 0 saturated heterocycles. The number of ether oxygens (including phenoxy) is 2. The van der Waals surface area contributed by atoms with Crippen molar-refractivity contribution in [3.05, 3.63) is 0 Å². The number of hydrogen-bond acceptors (Lipinski definition) is 4. The monoisotopic (exact) mass is 464 g/mol. The van der Waals surface area contributed by atoms with E-state index in [1.165, 1.54) is 0 Å². The average Bonchev–Trinajstić information content (AvgIpc) is 2.54. The van der Waals surface area contributed by atoms with Gasteiger partial charge in [-0.05, 0) is 91.9 Å². The molecule has 0 radical (unpaired) electrons. The Morgan fingerprint density at radius 3 is 1.57 bits per heavy atom. The minimum atomic E-state index is -0.393. The molecule has 0 amide bonds. The first-order chi connectivity index (χ1) is 13.6. The Morgan fingerprint density at radius 2 is 1.10 bits per heavy atom. The van der Waals surface area contributed by atoms with Crippen molar-refractivity contribution in [3.8, 4) is 0 Å².